The van der Waals surface area contributed by atoms with Crippen LogP contribution in [0.3, 0.4) is 0 Å². The molecule has 0 bridgehead atoms. The highest BCUT2D eigenvalue weighted by atomic mass is 16.5. The van der Waals surface area contributed by atoms with E-state index in [1.807, 2.05) is 30.3 Å². The molecule has 1 amide bonds. The summed E-state index contributed by atoms with van der Waals surface area (Å²) >= 11 is 0. The molecule has 130 valence electrons. The van der Waals surface area contributed by atoms with Gasteiger partial charge >= 0.3 is 0 Å². The molecule has 5 nitrogen and oxygen atoms in total. The normalized spacial score (nSPS) is 10.2. The smallest absolute Gasteiger partial charge is 0.262 e. The van der Waals surface area contributed by atoms with Crippen LogP contribution < -0.4 is 10.1 Å². The van der Waals surface area contributed by atoms with Crippen LogP contribution in [0.4, 0.5) is 5.69 Å². The molecule has 0 fully saturated rings. The van der Waals surface area contributed by atoms with Gasteiger partial charge in [-0.1, -0.05) is 0 Å². The van der Waals surface area contributed by atoms with E-state index in [2.05, 4.69) is 35.9 Å². The molecule has 1 N–H and O–H groups in total. The summed E-state index contributed by atoms with van der Waals surface area (Å²) in [7, 11) is 0. The van der Waals surface area contributed by atoms with Crippen molar-refractivity contribution < 1.29 is 9.53 Å². The molecule has 0 spiro atoms. The number of nitrogens with one attached hydrogen (secondary N) is 1. The van der Waals surface area contributed by atoms with E-state index in [4.69, 9.17) is 10.00 Å². The molecule has 2 aromatic carbocycles. The quantitative estimate of drug-likeness (QED) is 0.760. The van der Waals surface area contributed by atoms with E-state index in [0.717, 1.165) is 17.1 Å². The molecule has 26 heavy (non-hydrogen) atoms. The summed E-state index contributed by atoms with van der Waals surface area (Å²) in [6.07, 6.45) is 0. The molecule has 0 saturated heterocycles. The molecule has 1 aromatic heterocycles. The number of ether oxygens (including phenoxy) is 1. The Bertz CT molecular complexity index is 929. The summed E-state index contributed by atoms with van der Waals surface area (Å²) in [5.74, 6) is 0.309. The molecule has 0 unspecified atom stereocenters. The van der Waals surface area contributed by atoms with E-state index in [1.54, 1.807) is 24.3 Å². The first-order chi connectivity index (χ1) is 12.6. The number of anilines is 1. The van der Waals surface area contributed by atoms with Crippen LogP contribution in [-0.2, 0) is 4.79 Å². The van der Waals surface area contributed by atoms with Crippen molar-refractivity contribution in [1.29, 1.82) is 5.26 Å². The molecule has 3 aromatic rings. The van der Waals surface area contributed by atoms with Crippen molar-refractivity contribution in [3.05, 3.63) is 77.6 Å². The Hall–Kier alpha value is -3.52. The fourth-order valence-electron chi connectivity index (χ4n) is 2.74. The van der Waals surface area contributed by atoms with Gasteiger partial charge < -0.3 is 14.6 Å². The molecular formula is C21H19N3O2. The fourth-order valence-corrected chi connectivity index (χ4v) is 2.74. The van der Waals surface area contributed by atoms with Gasteiger partial charge in [-0.05, 0) is 74.5 Å². The zero-order chi connectivity index (χ0) is 18.5. The maximum Gasteiger partial charge on any atom is 0.262 e. The molecule has 0 saturated carbocycles. The summed E-state index contributed by atoms with van der Waals surface area (Å²) in [6.45, 7) is 4.02. The van der Waals surface area contributed by atoms with Crippen LogP contribution in [0.1, 0.15) is 17.0 Å². The summed E-state index contributed by atoms with van der Waals surface area (Å²) < 4.78 is 7.58. The maximum atomic E-state index is 12.0. The van der Waals surface area contributed by atoms with Crippen molar-refractivity contribution in [2.24, 2.45) is 0 Å². The van der Waals surface area contributed by atoms with Crippen molar-refractivity contribution in [3.8, 4) is 17.5 Å². The van der Waals surface area contributed by atoms with Gasteiger partial charge in [0.1, 0.15) is 5.75 Å². The van der Waals surface area contributed by atoms with Gasteiger partial charge in [-0.25, -0.2) is 0 Å². The zero-order valence-electron chi connectivity index (χ0n) is 14.7. The van der Waals surface area contributed by atoms with Crippen LogP contribution in [-0.4, -0.2) is 17.1 Å². The molecule has 0 aliphatic rings. The SMILES string of the molecule is Cc1ccc(C)n1-c1ccc(NC(=O)COc2ccc(C#N)cc2)cc1. The minimum atomic E-state index is -0.240. The van der Waals surface area contributed by atoms with Gasteiger partial charge in [0.15, 0.2) is 6.61 Å². The number of aryl methyl sites for hydroxylation is 2. The number of amides is 1. The number of benzene rings is 2. The van der Waals surface area contributed by atoms with E-state index in [-0.39, 0.29) is 12.5 Å². The lowest BCUT2D eigenvalue weighted by Crippen LogP contribution is -2.20. The third-order valence-electron chi connectivity index (χ3n) is 4.03. The highest BCUT2D eigenvalue weighted by molar-refractivity contribution is 5.91. The monoisotopic (exact) mass is 345 g/mol. The van der Waals surface area contributed by atoms with Crippen LogP contribution >= 0.6 is 0 Å². The third-order valence-corrected chi connectivity index (χ3v) is 4.03. The molecular weight excluding hydrogens is 326 g/mol. The number of hydrogen-bond acceptors (Lipinski definition) is 3. The Labute approximate surface area is 152 Å². The highest BCUT2D eigenvalue weighted by Crippen LogP contribution is 2.18. The van der Waals surface area contributed by atoms with Crippen LogP contribution in [0.2, 0.25) is 0 Å². The summed E-state index contributed by atoms with van der Waals surface area (Å²) in [5, 5.41) is 11.6. The van der Waals surface area contributed by atoms with Gasteiger partial charge in [-0.2, -0.15) is 5.26 Å². The number of rotatable bonds is 5. The second kappa shape index (κ2) is 7.58. The fraction of sp³-hybridized carbons (Fsp3) is 0.143. The second-order valence-corrected chi connectivity index (χ2v) is 5.97. The Morgan fingerprint density at radius 2 is 1.62 bits per heavy atom. The van der Waals surface area contributed by atoms with Gasteiger partial charge in [-0.3, -0.25) is 4.79 Å². The predicted molar refractivity (Wildman–Crippen MR) is 101 cm³/mol. The number of aromatic nitrogens is 1. The number of carbonyl (C=O) groups excluding carboxylic acids is 1. The first kappa shape index (κ1) is 17.3. The Morgan fingerprint density at radius 3 is 2.19 bits per heavy atom. The molecule has 1 heterocycles. The lowest BCUT2D eigenvalue weighted by Gasteiger charge is -2.11. The van der Waals surface area contributed by atoms with Crippen molar-refractivity contribution in [2.75, 3.05) is 11.9 Å². The van der Waals surface area contributed by atoms with Gasteiger partial charge in [0.05, 0.1) is 11.6 Å². The van der Waals surface area contributed by atoms with Crippen LogP contribution in [0.5, 0.6) is 5.75 Å². The number of hydrogen-bond donors (Lipinski definition) is 1. The van der Waals surface area contributed by atoms with Crippen molar-refractivity contribution >= 4 is 11.6 Å². The molecule has 0 radical (unpaired) electrons. The van der Waals surface area contributed by atoms with E-state index in [0.29, 0.717) is 17.0 Å². The van der Waals surface area contributed by atoms with Gasteiger partial charge in [0, 0.05) is 22.8 Å². The average molecular weight is 345 g/mol. The Morgan fingerprint density at radius 1 is 1.00 bits per heavy atom. The molecule has 0 aliphatic heterocycles. The third kappa shape index (κ3) is 3.93. The van der Waals surface area contributed by atoms with Crippen LogP contribution in [0, 0.1) is 25.2 Å². The summed E-state index contributed by atoms with van der Waals surface area (Å²) in [6, 6.07) is 20.5. The lowest BCUT2D eigenvalue weighted by molar-refractivity contribution is -0.118. The zero-order valence-corrected chi connectivity index (χ0v) is 14.7. The largest absolute Gasteiger partial charge is 0.484 e. The first-order valence-electron chi connectivity index (χ1n) is 8.25. The Balaban J connectivity index is 1.58. The molecule has 0 atom stereocenters. The number of nitriles is 1. The van der Waals surface area contributed by atoms with Crippen LogP contribution in [0.25, 0.3) is 5.69 Å². The van der Waals surface area contributed by atoms with E-state index in [9.17, 15) is 4.79 Å². The molecule has 5 heteroatoms. The van der Waals surface area contributed by atoms with Gasteiger partial charge in [0.25, 0.3) is 5.91 Å². The number of nitrogens with zero attached hydrogens (tertiary/aromatic N) is 2. The Kier molecular flexibility index (Phi) is 5.04. The topological polar surface area (TPSA) is 67.1 Å². The lowest BCUT2D eigenvalue weighted by atomic mass is 10.2. The summed E-state index contributed by atoms with van der Waals surface area (Å²) in [4.78, 5) is 12.0. The second-order valence-electron chi connectivity index (χ2n) is 5.97. The number of carbonyl (C=O) groups is 1. The minimum absolute atomic E-state index is 0.0938. The van der Waals surface area contributed by atoms with Crippen molar-refractivity contribution in [2.45, 2.75) is 13.8 Å². The minimum Gasteiger partial charge on any atom is -0.484 e. The van der Waals surface area contributed by atoms with Crippen molar-refractivity contribution in [1.82, 2.24) is 4.57 Å². The van der Waals surface area contributed by atoms with E-state index in [1.165, 1.54) is 0 Å². The van der Waals surface area contributed by atoms with E-state index >= 15 is 0 Å². The average Bonchev–Trinajstić information content (AvgIpc) is 2.99. The standard InChI is InChI=1S/C21H19N3O2/c1-15-3-4-16(2)24(15)19-9-7-18(8-10-19)23-21(25)14-26-20-11-5-17(13-22)6-12-20/h3-12H,14H2,1-2H3,(H,23,25). The highest BCUT2D eigenvalue weighted by Gasteiger charge is 2.06. The van der Waals surface area contributed by atoms with Gasteiger partial charge in [-0.15, -0.1) is 0 Å². The first-order valence-corrected chi connectivity index (χ1v) is 8.25. The molecule has 0 aliphatic carbocycles. The van der Waals surface area contributed by atoms with Crippen LogP contribution in [0.15, 0.2) is 60.7 Å². The maximum absolute atomic E-state index is 12.0. The van der Waals surface area contributed by atoms with Gasteiger partial charge in [0.2, 0.25) is 0 Å². The van der Waals surface area contributed by atoms with Crippen molar-refractivity contribution in [3.63, 3.8) is 0 Å². The molecule has 3 rings (SSSR count). The predicted octanol–water partition coefficient (Wildman–Crippen LogP) is 3.98. The van der Waals surface area contributed by atoms with E-state index < -0.39 is 0 Å². The summed E-state index contributed by atoms with van der Waals surface area (Å²) in [5.41, 5.74) is 4.64.